The zero-order valence-electron chi connectivity index (χ0n) is 10.0. The molecule has 0 radical (unpaired) electrons. The minimum Gasteiger partial charge on any atom is -0.339 e. The van der Waals surface area contributed by atoms with E-state index in [-0.39, 0.29) is 11.6 Å². The smallest absolute Gasteiger partial charge is 0.282 e. The Morgan fingerprint density at radius 3 is 2.72 bits per heavy atom. The van der Waals surface area contributed by atoms with Crippen LogP contribution < -0.4 is 10.5 Å². The molecular weight excluding hydrogens is 256 g/mol. The topological polar surface area (TPSA) is 108 Å². The van der Waals surface area contributed by atoms with Gasteiger partial charge in [0, 0.05) is 32.4 Å². The highest BCUT2D eigenvalue weighted by Gasteiger charge is 2.20. The van der Waals surface area contributed by atoms with Gasteiger partial charge in [-0.2, -0.15) is 13.5 Å². The number of imidazole rings is 1. The molecule has 0 aromatic carbocycles. The highest BCUT2D eigenvalue weighted by Crippen LogP contribution is 2.17. The Bertz CT molecular complexity index is 656. The van der Waals surface area contributed by atoms with Crippen molar-refractivity contribution >= 4 is 15.8 Å². The third-order valence-electron chi connectivity index (χ3n) is 2.42. The van der Waals surface area contributed by atoms with Crippen LogP contribution in [0.1, 0.15) is 5.56 Å². The van der Waals surface area contributed by atoms with Crippen LogP contribution in [0, 0.1) is 0 Å². The van der Waals surface area contributed by atoms with Crippen molar-refractivity contribution in [2.24, 2.45) is 19.8 Å². The molecule has 0 aliphatic rings. The molecule has 98 valence electrons. The predicted octanol–water partition coefficient (Wildman–Crippen LogP) is -0.587. The molecule has 2 aromatic heterocycles. The largest absolute Gasteiger partial charge is 0.339 e. The molecule has 9 heteroatoms. The lowest BCUT2D eigenvalue weighted by Crippen LogP contribution is -2.17. The van der Waals surface area contributed by atoms with Gasteiger partial charge in [-0.25, -0.2) is 4.98 Å². The van der Waals surface area contributed by atoms with E-state index in [1.165, 1.54) is 23.4 Å². The van der Waals surface area contributed by atoms with Gasteiger partial charge in [0.2, 0.25) is 0 Å². The number of anilines is 1. The molecule has 8 nitrogen and oxygen atoms in total. The van der Waals surface area contributed by atoms with Crippen molar-refractivity contribution in [3.8, 4) is 0 Å². The number of hydrogen-bond donors (Lipinski definition) is 2. The van der Waals surface area contributed by atoms with Crippen molar-refractivity contribution in [2.75, 3.05) is 4.72 Å². The Morgan fingerprint density at radius 2 is 2.17 bits per heavy atom. The molecule has 0 bridgehead atoms. The molecule has 0 spiro atoms. The maximum atomic E-state index is 12.1. The summed E-state index contributed by atoms with van der Waals surface area (Å²) in [6.45, 7) is 0.202. The predicted molar refractivity (Wildman–Crippen MR) is 65.1 cm³/mol. The van der Waals surface area contributed by atoms with E-state index < -0.39 is 10.0 Å². The van der Waals surface area contributed by atoms with E-state index in [1.54, 1.807) is 18.7 Å². The number of aromatic nitrogens is 4. The van der Waals surface area contributed by atoms with E-state index in [1.807, 2.05) is 0 Å². The van der Waals surface area contributed by atoms with Crippen molar-refractivity contribution in [2.45, 2.75) is 11.6 Å². The van der Waals surface area contributed by atoms with Crippen molar-refractivity contribution in [3.05, 3.63) is 24.3 Å². The molecular formula is C9H14N6O2S. The highest BCUT2D eigenvalue weighted by molar-refractivity contribution is 7.92. The summed E-state index contributed by atoms with van der Waals surface area (Å²) in [6, 6.07) is 0. The van der Waals surface area contributed by atoms with Gasteiger partial charge in [-0.05, 0) is 0 Å². The average Bonchev–Trinajstić information content (AvgIpc) is 2.87. The third kappa shape index (κ3) is 2.22. The van der Waals surface area contributed by atoms with Gasteiger partial charge in [0.05, 0.1) is 12.5 Å². The number of nitrogens with two attached hydrogens (primary N) is 1. The Labute approximate surface area is 104 Å². The van der Waals surface area contributed by atoms with Crippen LogP contribution in [-0.2, 0) is 30.7 Å². The molecule has 0 saturated heterocycles. The fraction of sp³-hybridized carbons (Fsp3) is 0.333. The minimum absolute atomic E-state index is 0.0471. The van der Waals surface area contributed by atoms with Gasteiger partial charge < -0.3 is 10.3 Å². The van der Waals surface area contributed by atoms with Crippen LogP contribution in [0.2, 0.25) is 0 Å². The molecule has 0 aliphatic heterocycles. The van der Waals surface area contributed by atoms with Gasteiger partial charge in [0.1, 0.15) is 5.82 Å². The van der Waals surface area contributed by atoms with Crippen LogP contribution in [0.25, 0.3) is 0 Å². The fourth-order valence-corrected chi connectivity index (χ4v) is 2.58. The molecule has 3 N–H and O–H groups in total. The summed E-state index contributed by atoms with van der Waals surface area (Å²) in [5.41, 5.74) is 6.14. The molecule has 0 fully saturated rings. The number of nitrogens with zero attached hydrogens (tertiary/aromatic N) is 4. The first-order valence-electron chi connectivity index (χ1n) is 5.16. The summed E-state index contributed by atoms with van der Waals surface area (Å²) in [7, 11) is -0.386. The van der Waals surface area contributed by atoms with Gasteiger partial charge in [-0.3, -0.25) is 9.40 Å². The number of nitrogens with one attached hydrogen (secondary N) is 1. The normalized spacial score (nSPS) is 11.7. The molecule has 2 heterocycles. The lowest BCUT2D eigenvalue weighted by atomic mass is 10.3. The molecule has 0 unspecified atom stereocenters. The summed E-state index contributed by atoms with van der Waals surface area (Å²) in [5, 5.41) is 3.91. The molecule has 2 aromatic rings. The second kappa shape index (κ2) is 4.42. The molecule has 0 atom stereocenters. The third-order valence-corrected chi connectivity index (χ3v) is 3.65. The average molecular weight is 270 g/mol. The monoisotopic (exact) mass is 270 g/mol. The van der Waals surface area contributed by atoms with E-state index in [4.69, 9.17) is 5.73 Å². The number of rotatable bonds is 4. The Hall–Kier alpha value is -1.87. The molecule has 0 saturated carbocycles. The number of sulfonamides is 1. The van der Waals surface area contributed by atoms with Crippen LogP contribution in [0.15, 0.2) is 23.7 Å². The maximum absolute atomic E-state index is 12.1. The van der Waals surface area contributed by atoms with Crippen LogP contribution in [0.3, 0.4) is 0 Å². The van der Waals surface area contributed by atoms with Crippen molar-refractivity contribution in [1.82, 2.24) is 19.3 Å². The highest BCUT2D eigenvalue weighted by atomic mass is 32.2. The SMILES string of the molecule is Cn1cnc(S(=O)(=O)Nc2c(CN)cnn2C)c1. The van der Waals surface area contributed by atoms with E-state index in [9.17, 15) is 8.42 Å². The Kier molecular flexibility index (Phi) is 3.09. The van der Waals surface area contributed by atoms with Gasteiger partial charge in [-0.1, -0.05) is 0 Å². The van der Waals surface area contributed by atoms with Crippen LogP contribution in [0.4, 0.5) is 5.82 Å². The maximum Gasteiger partial charge on any atom is 0.282 e. The van der Waals surface area contributed by atoms with Crippen LogP contribution in [-0.4, -0.2) is 27.7 Å². The lowest BCUT2D eigenvalue weighted by molar-refractivity contribution is 0.597. The second-order valence-electron chi connectivity index (χ2n) is 3.83. The van der Waals surface area contributed by atoms with Gasteiger partial charge in [0.25, 0.3) is 10.0 Å². The first-order valence-corrected chi connectivity index (χ1v) is 6.64. The standard InChI is InChI=1S/C9H14N6O2S/c1-14-5-8(11-6-14)18(16,17)13-9-7(3-10)4-12-15(9)2/h4-6,13H,3,10H2,1-2H3. The molecule has 2 rings (SSSR count). The number of hydrogen-bond acceptors (Lipinski definition) is 5. The zero-order chi connectivity index (χ0) is 13.3. The van der Waals surface area contributed by atoms with E-state index in [0.29, 0.717) is 11.4 Å². The summed E-state index contributed by atoms with van der Waals surface area (Å²) >= 11 is 0. The van der Waals surface area contributed by atoms with Gasteiger partial charge >= 0.3 is 0 Å². The molecule has 18 heavy (non-hydrogen) atoms. The molecule has 0 aliphatic carbocycles. The fourth-order valence-electron chi connectivity index (χ4n) is 1.47. The van der Waals surface area contributed by atoms with Gasteiger partial charge in [0.15, 0.2) is 5.03 Å². The van der Waals surface area contributed by atoms with E-state index in [2.05, 4.69) is 14.8 Å². The zero-order valence-corrected chi connectivity index (χ0v) is 10.8. The first kappa shape index (κ1) is 12.6. The summed E-state index contributed by atoms with van der Waals surface area (Å²) in [5.74, 6) is 0.350. The quantitative estimate of drug-likeness (QED) is 0.772. The van der Waals surface area contributed by atoms with E-state index in [0.717, 1.165) is 0 Å². The van der Waals surface area contributed by atoms with Crippen LogP contribution in [0.5, 0.6) is 0 Å². The minimum atomic E-state index is -3.72. The first-order chi connectivity index (χ1) is 8.44. The molecule has 0 amide bonds. The second-order valence-corrected chi connectivity index (χ2v) is 5.46. The summed E-state index contributed by atoms with van der Waals surface area (Å²) < 4.78 is 29.5. The number of aryl methyl sites for hydroxylation is 2. The van der Waals surface area contributed by atoms with Gasteiger partial charge in [-0.15, -0.1) is 0 Å². The lowest BCUT2D eigenvalue weighted by Gasteiger charge is -2.07. The van der Waals surface area contributed by atoms with Crippen molar-refractivity contribution < 1.29 is 8.42 Å². The summed E-state index contributed by atoms with van der Waals surface area (Å²) in [4.78, 5) is 3.80. The Balaban J connectivity index is 2.36. The van der Waals surface area contributed by atoms with E-state index >= 15 is 0 Å². The van der Waals surface area contributed by atoms with Crippen molar-refractivity contribution in [1.29, 1.82) is 0 Å². The Morgan fingerprint density at radius 1 is 1.44 bits per heavy atom. The van der Waals surface area contributed by atoms with Crippen LogP contribution >= 0.6 is 0 Å². The van der Waals surface area contributed by atoms with Crippen molar-refractivity contribution in [3.63, 3.8) is 0 Å². The summed E-state index contributed by atoms with van der Waals surface area (Å²) in [6.07, 6.45) is 4.36.